The van der Waals surface area contributed by atoms with Gasteiger partial charge in [0.25, 0.3) is 11.8 Å². The van der Waals surface area contributed by atoms with E-state index in [2.05, 4.69) is 10.1 Å². The zero-order valence-corrected chi connectivity index (χ0v) is 17.0. The summed E-state index contributed by atoms with van der Waals surface area (Å²) in [6.45, 7) is 7.62. The smallest absolute Gasteiger partial charge is 0.327 e. The quantitative estimate of drug-likeness (QED) is 0.731. The number of hydrogen-bond donors (Lipinski definition) is 0. The van der Waals surface area contributed by atoms with Crippen molar-refractivity contribution in [3.8, 4) is 0 Å². The third-order valence-electron chi connectivity index (χ3n) is 5.88. The van der Waals surface area contributed by atoms with Crippen LogP contribution < -0.4 is 0 Å². The number of likely N-dealkylation sites (tertiary alicyclic amines) is 1. The van der Waals surface area contributed by atoms with Crippen LogP contribution in [-0.2, 0) is 4.79 Å². The fourth-order valence-corrected chi connectivity index (χ4v) is 4.41. The lowest BCUT2D eigenvalue weighted by atomic mass is 9.85. The van der Waals surface area contributed by atoms with Gasteiger partial charge in [-0.3, -0.25) is 14.5 Å². The largest absolute Gasteiger partial charge is 0.337 e. The van der Waals surface area contributed by atoms with Crippen LogP contribution in [0, 0.1) is 5.92 Å². The summed E-state index contributed by atoms with van der Waals surface area (Å²) >= 11 is 0. The van der Waals surface area contributed by atoms with Crippen molar-refractivity contribution in [2.45, 2.75) is 39.2 Å². The molecule has 154 valence electrons. The van der Waals surface area contributed by atoms with Crippen molar-refractivity contribution in [2.24, 2.45) is 5.92 Å². The second kappa shape index (κ2) is 7.13. The highest BCUT2D eigenvalue weighted by molar-refractivity contribution is 6.07. The van der Waals surface area contributed by atoms with E-state index in [1.165, 1.54) is 15.7 Å². The zero-order valence-electron chi connectivity index (χ0n) is 17.0. The van der Waals surface area contributed by atoms with E-state index in [0.717, 1.165) is 0 Å². The molecule has 2 aromatic rings. The van der Waals surface area contributed by atoms with Gasteiger partial charge in [0.15, 0.2) is 5.65 Å². The van der Waals surface area contributed by atoms with Crippen molar-refractivity contribution in [3.05, 3.63) is 30.2 Å². The molecule has 29 heavy (non-hydrogen) atoms. The Balaban J connectivity index is 1.57. The number of likely N-dealkylation sites (N-methyl/N-ethyl adjacent to an activating group) is 1. The Bertz CT molecular complexity index is 960. The number of piperidine rings is 1. The third-order valence-corrected chi connectivity index (χ3v) is 5.88. The average molecular weight is 398 g/mol. The summed E-state index contributed by atoms with van der Waals surface area (Å²) in [5.41, 5.74) is 0.217. The maximum absolute atomic E-state index is 13.1. The van der Waals surface area contributed by atoms with Gasteiger partial charge in [-0.15, -0.1) is 0 Å². The van der Waals surface area contributed by atoms with Crippen LogP contribution in [0.5, 0.6) is 0 Å². The number of carbonyl (C=O) groups is 3. The molecule has 0 atom stereocenters. The highest BCUT2D eigenvalue weighted by atomic mass is 16.2. The minimum Gasteiger partial charge on any atom is -0.337 e. The highest BCUT2D eigenvalue weighted by Gasteiger charge is 2.57. The lowest BCUT2D eigenvalue weighted by Crippen LogP contribution is -2.58. The molecule has 2 aliphatic heterocycles. The number of rotatable bonds is 4. The Kier molecular flexibility index (Phi) is 4.76. The van der Waals surface area contributed by atoms with E-state index in [1.807, 2.05) is 20.8 Å². The first-order valence-electron chi connectivity index (χ1n) is 10.1. The van der Waals surface area contributed by atoms with Crippen LogP contribution in [0.2, 0.25) is 0 Å². The summed E-state index contributed by atoms with van der Waals surface area (Å²) in [5.74, 6) is -0.0170. The SMILES string of the molecule is CCN1C(=O)N(CC(C)C)C2(CCN(C(=O)c3cccc4ncnn34)CC2)C1=O. The van der Waals surface area contributed by atoms with Crippen molar-refractivity contribution >= 4 is 23.5 Å². The van der Waals surface area contributed by atoms with E-state index in [-0.39, 0.29) is 23.8 Å². The molecule has 2 fully saturated rings. The number of carbonyl (C=O) groups excluding carboxylic acids is 3. The van der Waals surface area contributed by atoms with E-state index in [4.69, 9.17) is 0 Å². The molecule has 1 spiro atoms. The molecule has 9 heteroatoms. The van der Waals surface area contributed by atoms with Gasteiger partial charge in [-0.2, -0.15) is 5.10 Å². The van der Waals surface area contributed by atoms with Gasteiger partial charge in [-0.1, -0.05) is 19.9 Å². The van der Waals surface area contributed by atoms with Crippen molar-refractivity contribution in [3.63, 3.8) is 0 Å². The molecule has 0 unspecified atom stereocenters. The molecule has 0 radical (unpaired) electrons. The number of nitrogens with zero attached hydrogens (tertiary/aromatic N) is 6. The third kappa shape index (κ3) is 2.95. The summed E-state index contributed by atoms with van der Waals surface area (Å²) in [6.07, 6.45) is 2.31. The van der Waals surface area contributed by atoms with E-state index in [0.29, 0.717) is 50.4 Å². The van der Waals surface area contributed by atoms with E-state index < -0.39 is 5.54 Å². The first kappa shape index (κ1) is 19.4. The Labute approximate surface area is 169 Å². The number of hydrogen-bond acceptors (Lipinski definition) is 5. The molecule has 4 rings (SSSR count). The topological polar surface area (TPSA) is 91.1 Å². The number of amides is 4. The van der Waals surface area contributed by atoms with Gasteiger partial charge in [0.2, 0.25) is 0 Å². The minimum absolute atomic E-state index is 0.129. The van der Waals surface area contributed by atoms with Crippen LogP contribution in [-0.4, -0.2) is 78.9 Å². The average Bonchev–Trinajstić information content (AvgIpc) is 3.26. The van der Waals surface area contributed by atoms with Crippen LogP contribution in [0.1, 0.15) is 44.1 Å². The summed E-state index contributed by atoms with van der Waals surface area (Å²) in [6, 6.07) is 5.09. The highest BCUT2D eigenvalue weighted by Crippen LogP contribution is 2.38. The van der Waals surface area contributed by atoms with Gasteiger partial charge in [-0.25, -0.2) is 14.3 Å². The molecule has 9 nitrogen and oxygen atoms in total. The van der Waals surface area contributed by atoms with E-state index in [9.17, 15) is 14.4 Å². The van der Waals surface area contributed by atoms with Crippen LogP contribution in [0.3, 0.4) is 0 Å². The summed E-state index contributed by atoms with van der Waals surface area (Å²) in [4.78, 5) is 48.0. The first-order chi connectivity index (χ1) is 13.9. The zero-order chi connectivity index (χ0) is 20.8. The van der Waals surface area contributed by atoms with Crippen LogP contribution >= 0.6 is 0 Å². The summed E-state index contributed by atoms with van der Waals surface area (Å²) in [5, 5.41) is 4.14. The predicted octanol–water partition coefficient (Wildman–Crippen LogP) is 1.64. The lowest BCUT2D eigenvalue weighted by molar-refractivity contribution is -0.135. The van der Waals surface area contributed by atoms with Crippen molar-refractivity contribution in [1.82, 2.24) is 29.3 Å². The predicted molar refractivity (Wildman–Crippen MR) is 105 cm³/mol. The minimum atomic E-state index is -0.840. The number of aromatic nitrogens is 3. The van der Waals surface area contributed by atoms with Crippen LogP contribution in [0.25, 0.3) is 5.65 Å². The van der Waals surface area contributed by atoms with Gasteiger partial charge in [0.1, 0.15) is 17.6 Å². The Morgan fingerprint density at radius 2 is 1.93 bits per heavy atom. The molecule has 2 aliphatic rings. The lowest BCUT2D eigenvalue weighted by Gasteiger charge is -2.42. The summed E-state index contributed by atoms with van der Waals surface area (Å²) < 4.78 is 1.53. The van der Waals surface area contributed by atoms with Gasteiger partial charge < -0.3 is 9.80 Å². The van der Waals surface area contributed by atoms with Crippen molar-refractivity contribution in [1.29, 1.82) is 0 Å². The van der Waals surface area contributed by atoms with Gasteiger partial charge in [0.05, 0.1) is 0 Å². The molecule has 0 aromatic carbocycles. The number of pyridine rings is 1. The van der Waals surface area contributed by atoms with Crippen LogP contribution in [0.15, 0.2) is 24.5 Å². The molecule has 0 saturated carbocycles. The number of urea groups is 1. The van der Waals surface area contributed by atoms with Gasteiger partial charge >= 0.3 is 6.03 Å². The fraction of sp³-hybridized carbons (Fsp3) is 0.550. The maximum atomic E-state index is 13.1. The second-order valence-electron chi connectivity index (χ2n) is 8.10. The normalized spacial score (nSPS) is 19.2. The van der Waals surface area contributed by atoms with Crippen molar-refractivity contribution < 1.29 is 14.4 Å². The monoisotopic (exact) mass is 398 g/mol. The van der Waals surface area contributed by atoms with Crippen molar-refractivity contribution in [2.75, 3.05) is 26.2 Å². The Morgan fingerprint density at radius 1 is 1.21 bits per heavy atom. The molecule has 0 bridgehead atoms. The van der Waals surface area contributed by atoms with Gasteiger partial charge in [-0.05, 0) is 37.8 Å². The molecular weight excluding hydrogens is 372 g/mol. The molecule has 4 heterocycles. The van der Waals surface area contributed by atoms with Crippen LogP contribution in [0.4, 0.5) is 4.79 Å². The molecule has 2 saturated heterocycles. The maximum Gasteiger partial charge on any atom is 0.327 e. The fourth-order valence-electron chi connectivity index (χ4n) is 4.41. The number of imide groups is 1. The van der Waals surface area contributed by atoms with Gasteiger partial charge in [0, 0.05) is 26.2 Å². The first-order valence-corrected chi connectivity index (χ1v) is 10.1. The number of fused-ring (bicyclic) bond motifs is 1. The molecular formula is C20H26N6O3. The molecule has 0 N–H and O–H groups in total. The molecule has 4 amide bonds. The Hall–Kier alpha value is -2.97. The molecule has 2 aromatic heterocycles. The standard InChI is InChI=1S/C20H26N6O3/c1-4-24-18(28)20(25(19(24)29)12-14(2)3)8-10-23(11-9-20)17(27)15-6-5-7-16-21-13-22-26(15)16/h5-7,13-14H,4,8-12H2,1-3H3. The van der Waals surface area contributed by atoms with E-state index >= 15 is 0 Å². The van der Waals surface area contributed by atoms with E-state index in [1.54, 1.807) is 28.0 Å². The molecule has 0 aliphatic carbocycles. The second-order valence-corrected chi connectivity index (χ2v) is 8.10. The Morgan fingerprint density at radius 3 is 2.59 bits per heavy atom. The summed E-state index contributed by atoms with van der Waals surface area (Å²) in [7, 11) is 0.